The van der Waals surface area contributed by atoms with Crippen LogP contribution in [0, 0.1) is 5.92 Å². The molecule has 2 aliphatic heterocycles. The molecule has 2 fully saturated rings. The molecule has 0 spiro atoms. The first-order valence-electron chi connectivity index (χ1n) is 11.3. The Balaban J connectivity index is 1.35. The summed E-state index contributed by atoms with van der Waals surface area (Å²) in [4.78, 5) is 20.9. The first kappa shape index (κ1) is 22.9. The number of ether oxygens (including phenoxy) is 1. The van der Waals surface area contributed by atoms with Crippen molar-refractivity contribution in [2.24, 2.45) is 5.92 Å². The third-order valence-electron chi connectivity index (χ3n) is 6.67. The Labute approximate surface area is 206 Å². The molecule has 4 aromatic rings. The molecule has 6 rings (SSSR count). The number of esters is 1. The number of hydrogen-bond donors (Lipinski definition) is 1. The van der Waals surface area contributed by atoms with Crippen molar-refractivity contribution >= 4 is 32.8 Å². The Kier molecular flexibility index (Phi) is 5.41. The molecule has 0 radical (unpaired) electrons. The number of carbonyl (C=O) groups is 1. The normalized spacial score (nSPS) is 20.3. The lowest BCUT2D eigenvalue weighted by Crippen LogP contribution is -2.63. The molecule has 1 aromatic carbocycles. The molecule has 0 saturated carbocycles. The molecule has 36 heavy (non-hydrogen) atoms. The number of anilines is 1. The molecule has 5 heterocycles. The van der Waals surface area contributed by atoms with Gasteiger partial charge in [0, 0.05) is 36.5 Å². The van der Waals surface area contributed by atoms with Crippen molar-refractivity contribution in [3.05, 3.63) is 36.7 Å². The number of halogens is 3. The Morgan fingerprint density at radius 2 is 2.06 bits per heavy atom. The van der Waals surface area contributed by atoms with Gasteiger partial charge in [-0.05, 0) is 49.7 Å². The minimum atomic E-state index is -5.15. The zero-order chi connectivity index (χ0) is 25.0. The van der Waals surface area contributed by atoms with E-state index in [0.717, 1.165) is 29.5 Å². The Morgan fingerprint density at radius 1 is 1.19 bits per heavy atom. The number of aromatic amines is 1. The van der Waals surface area contributed by atoms with Gasteiger partial charge in [-0.3, -0.25) is 5.10 Å². The van der Waals surface area contributed by atoms with E-state index in [1.807, 2.05) is 0 Å². The lowest BCUT2D eigenvalue weighted by molar-refractivity contribution is -0.189. The van der Waals surface area contributed by atoms with E-state index in [9.17, 15) is 18.0 Å². The number of rotatable bonds is 4. The van der Waals surface area contributed by atoms with Crippen molar-refractivity contribution in [1.82, 2.24) is 30.3 Å². The van der Waals surface area contributed by atoms with E-state index < -0.39 is 12.1 Å². The fourth-order valence-corrected chi connectivity index (χ4v) is 5.73. The van der Waals surface area contributed by atoms with Crippen LogP contribution in [0.3, 0.4) is 0 Å². The summed E-state index contributed by atoms with van der Waals surface area (Å²) < 4.78 is 44.4. The van der Waals surface area contributed by atoms with E-state index in [0.29, 0.717) is 28.7 Å². The maximum atomic E-state index is 13.0. The molecular formula is C23H20F3N7O2S. The molecule has 2 saturated heterocycles. The average Bonchev–Trinajstić information content (AvgIpc) is 3.50. The fourth-order valence-electron chi connectivity index (χ4n) is 4.73. The summed E-state index contributed by atoms with van der Waals surface area (Å²) in [6, 6.07) is 6.73. The Hall–Kier alpha value is -3.58. The van der Waals surface area contributed by atoms with Gasteiger partial charge in [-0.2, -0.15) is 23.3 Å². The van der Waals surface area contributed by atoms with Gasteiger partial charge in [0.25, 0.3) is 0 Å². The van der Waals surface area contributed by atoms with Crippen LogP contribution in [-0.2, 0) is 4.79 Å². The second-order valence-electron chi connectivity index (χ2n) is 9.03. The zero-order valence-electron chi connectivity index (χ0n) is 19.0. The van der Waals surface area contributed by atoms with Crippen LogP contribution < -0.4 is 9.64 Å². The molecular weight excluding hydrogens is 495 g/mol. The molecule has 186 valence electrons. The van der Waals surface area contributed by atoms with Gasteiger partial charge in [0.15, 0.2) is 10.8 Å². The number of piperidine rings is 1. The van der Waals surface area contributed by atoms with Crippen molar-refractivity contribution < 1.29 is 22.7 Å². The number of nitrogens with one attached hydrogen (secondary N) is 1. The number of hydrogen-bond acceptors (Lipinski definition) is 9. The third kappa shape index (κ3) is 4.07. The highest BCUT2D eigenvalue weighted by atomic mass is 32.1. The second-order valence-corrected chi connectivity index (χ2v) is 10.0. The number of likely N-dealkylation sites (tertiary alicyclic amines) is 1. The lowest BCUT2D eigenvalue weighted by atomic mass is 9.83. The van der Waals surface area contributed by atoms with E-state index in [-0.39, 0.29) is 17.0 Å². The monoisotopic (exact) mass is 515 g/mol. The number of fused-ring (bicyclic) bond motifs is 2. The first-order valence-corrected chi connectivity index (χ1v) is 12.1. The molecule has 0 unspecified atom stereocenters. The molecule has 1 N–H and O–H groups in total. The molecule has 13 heteroatoms. The molecule has 2 atom stereocenters. The standard InChI is InChI=1S/C23H20F3N7O2S/c1-32-5-4-13-10-33(17(13)11-32)22-29-20-19(36-22)7-16(30-31-20)15-3-2-12(14-8-27-28-9-14)6-18(15)35-21(34)23(24,25)26/h2-3,6-9,13,17H,4-5,10-11H2,1H3,(H,27,28)/t13-,17-/m1/s1. The number of H-pyrrole nitrogens is 1. The smallest absolute Gasteiger partial charge is 0.419 e. The molecule has 9 nitrogen and oxygen atoms in total. The molecule has 3 aromatic heterocycles. The highest BCUT2D eigenvalue weighted by molar-refractivity contribution is 7.22. The number of benzene rings is 1. The molecule has 0 bridgehead atoms. The fraction of sp³-hybridized carbons (Fsp3) is 0.348. The lowest BCUT2D eigenvalue weighted by Gasteiger charge is -2.52. The van der Waals surface area contributed by atoms with Crippen molar-refractivity contribution in [2.45, 2.75) is 18.6 Å². The summed E-state index contributed by atoms with van der Waals surface area (Å²) in [6.07, 6.45) is -0.882. The minimum Gasteiger partial charge on any atom is -0.419 e. The number of nitrogens with zero attached hydrogens (tertiary/aromatic N) is 6. The van der Waals surface area contributed by atoms with Gasteiger partial charge in [-0.1, -0.05) is 17.4 Å². The molecule has 0 amide bonds. The van der Waals surface area contributed by atoms with Crippen LogP contribution in [0.4, 0.5) is 18.3 Å². The largest absolute Gasteiger partial charge is 0.491 e. The third-order valence-corrected chi connectivity index (χ3v) is 7.70. The maximum absolute atomic E-state index is 13.0. The quantitative estimate of drug-likeness (QED) is 0.324. The van der Waals surface area contributed by atoms with Gasteiger partial charge >= 0.3 is 12.1 Å². The average molecular weight is 516 g/mol. The number of aromatic nitrogens is 5. The van der Waals surface area contributed by atoms with Gasteiger partial charge in [-0.25, -0.2) is 4.79 Å². The Bertz CT molecular complexity index is 1440. The van der Waals surface area contributed by atoms with Gasteiger partial charge in [0.2, 0.25) is 0 Å². The van der Waals surface area contributed by atoms with Crippen LogP contribution in [0.25, 0.3) is 32.7 Å². The van der Waals surface area contributed by atoms with E-state index in [4.69, 9.17) is 4.74 Å². The molecule has 2 aliphatic rings. The van der Waals surface area contributed by atoms with Gasteiger partial charge in [0.1, 0.15) is 5.75 Å². The van der Waals surface area contributed by atoms with Crippen LogP contribution in [-0.4, -0.2) is 75.1 Å². The summed E-state index contributed by atoms with van der Waals surface area (Å²) in [7, 11) is 2.11. The zero-order valence-corrected chi connectivity index (χ0v) is 19.8. The first-order chi connectivity index (χ1) is 17.3. The van der Waals surface area contributed by atoms with Crippen molar-refractivity contribution in [2.75, 3.05) is 31.6 Å². The van der Waals surface area contributed by atoms with Crippen LogP contribution in [0.1, 0.15) is 6.42 Å². The van der Waals surface area contributed by atoms with Gasteiger partial charge in [0.05, 0.1) is 16.6 Å². The van der Waals surface area contributed by atoms with E-state index >= 15 is 0 Å². The molecule has 0 aliphatic carbocycles. The number of carbonyl (C=O) groups excluding carboxylic acids is 1. The number of likely N-dealkylation sites (N-methyl/N-ethyl adjacent to an activating group) is 1. The van der Waals surface area contributed by atoms with Crippen LogP contribution in [0.5, 0.6) is 5.75 Å². The predicted octanol–water partition coefficient (Wildman–Crippen LogP) is 3.75. The summed E-state index contributed by atoms with van der Waals surface area (Å²) in [5, 5.41) is 15.8. The van der Waals surface area contributed by atoms with Crippen LogP contribution in [0.2, 0.25) is 0 Å². The van der Waals surface area contributed by atoms with Crippen molar-refractivity contribution in [3.63, 3.8) is 0 Å². The van der Waals surface area contributed by atoms with E-state index in [1.54, 1.807) is 24.4 Å². The van der Waals surface area contributed by atoms with Gasteiger partial charge < -0.3 is 14.5 Å². The summed E-state index contributed by atoms with van der Waals surface area (Å²) >= 11 is 1.47. The Morgan fingerprint density at radius 3 is 2.83 bits per heavy atom. The van der Waals surface area contributed by atoms with Crippen LogP contribution >= 0.6 is 11.3 Å². The van der Waals surface area contributed by atoms with Crippen LogP contribution in [0.15, 0.2) is 36.7 Å². The van der Waals surface area contributed by atoms with Crippen molar-refractivity contribution in [3.8, 4) is 28.1 Å². The highest BCUT2D eigenvalue weighted by Crippen LogP contribution is 2.41. The van der Waals surface area contributed by atoms with Crippen molar-refractivity contribution in [1.29, 1.82) is 0 Å². The summed E-state index contributed by atoms with van der Waals surface area (Å²) in [5.41, 5.74) is 2.11. The van der Waals surface area contributed by atoms with E-state index in [2.05, 4.69) is 42.2 Å². The topological polar surface area (TPSA) is 100 Å². The highest BCUT2D eigenvalue weighted by Gasteiger charge is 2.43. The maximum Gasteiger partial charge on any atom is 0.491 e. The second kappa shape index (κ2) is 8.52. The van der Waals surface area contributed by atoms with Gasteiger partial charge in [-0.15, -0.1) is 10.2 Å². The SMILES string of the molecule is CN1CC[C@@H]2CN(c3nc4nnc(-c5ccc(-c6cn[nH]c6)cc5OC(=O)C(F)(F)F)cc4s3)[C@@H]2C1. The number of thiazole rings is 1. The van der Waals surface area contributed by atoms with E-state index in [1.165, 1.54) is 30.0 Å². The summed E-state index contributed by atoms with van der Waals surface area (Å²) in [6.45, 7) is 3.03. The number of alkyl halides is 3. The predicted molar refractivity (Wildman–Crippen MR) is 127 cm³/mol. The minimum absolute atomic E-state index is 0.210. The summed E-state index contributed by atoms with van der Waals surface area (Å²) in [5.74, 6) is -1.92.